The van der Waals surface area contributed by atoms with Gasteiger partial charge in [0.1, 0.15) is 0 Å². The average Bonchev–Trinajstić information content (AvgIpc) is 3.86. The summed E-state index contributed by atoms with van der Waals surface area (Å²) in [7, 11) is 7.82. The Morgan fingerprint density at radius 2 is 1.00 bits per heavy atom. The van der Waals surface area contributed by atoms with E-state index in [1.165, 1.54) is 0 Å². The quantitative estimate of drug-likeness (QED) is 0.133. The standard InChI is InChI=1S/C16H21N3O.2C8H10N4.3ClH.Os/c20-12-6-2-1-4-9-17-14-8-11-19-16(13-14)15-7-3-5-10-18-15;2*1-11-5-3-9-7(11)8-10-4-6-12(8)2;;;;/h3,5,7-8,10-11,13,20H,1-2,4,6,9,12H2,(H,17,19);2*3-6H,1-2H3;3*1H;/p-3. The molecule has 0 spiro atoms. The zero-order valence-electron chi connectivity index (χ0n) is 27.3. The van der Waals surface area contributed by atoms with Crippen molar-refractivity contribution in [2.45, 2.75) is 25.7 Å². The van der Waals surface area contributed by atoms with Gasteiger partial charge in [0.15, 0.2) is 23.3 Å². The number of imidazole rings is 4. The SMILES string of the molecule is Cn1ccnc1-c1nccn1C.Cn1ccnc1-c1nccn1C.OCCCCCCNc1ccnc(-c2ccccn2)c1.[Cl-].[Cl-].[Cl-].[Os]. The Kier molecular flexibility index (Phi) is 21.9. The Morgan fingerprint density at radius 1 is 0.542 bits per heavy atom. The van der Waals surface area contributed by atoms with Crippen LogP contribution in [0.1, 0.15) is 25.7 Å². The number of hydrogen-bond acceptors (Lipinski definition) is 8. The number of nitrogens with one attached hydrogen (secondary N) is 1. The Bertz CT molecular complexity index is 1540. The summed E-state index contributed by atoms with van der Waals surface area (Å²) in [5, 5.41) is 12.1. The van der Waals surface area contributed by atoms with Crippen molar-refractivity contribution in [2.75, 3.05) is 18.5 Å². The summed E-state index contributed by atoms with van der Waals surface area (Å²) < 4.78 is 7.79. The predicted octanol–water partition coefficient (Wildman–Crippen LogP) is -4.24. The number of rotatable bonds is 10. The van der Waals surface area contributed by atoms with Gasteiger partial charge < -0.3 is 65.9 Å². The summed E-state index contributed by atoms with van der Waals surface area (Å²) in [5.74, 6) is 3.56. The Balaban J connectivity index is 0.000000692. The van der Waals surface area contributed by atoms with Crippen LogP contribution in [0.4, 0.5) is 5.69 Å². The molecule has 6 aromatic heterocycles. The number of unbranched alkanes of at least 4 members (excludes halogenated alkanes) is 3. The number of halogens is 3. The molecule has 0 aliphatic rings. The largest absolute Gasteiger partial charge is 1.00 e. The summed E-state index contributed by atoms with van der Waals surface area (Å²) in [6, 6.07) is 9.82. The van der Waals surface area contributed by atoms with Crippen molar-refractivity contribution in [3.05, 3.63) is 92.3 Å². The maximum atomic E-state index is 8.71. The molecule has 48 heavy (non-hydrogen) atoms. The first-order chi connectivity index (χ1) is 21.5. The molecule has 12 nitrogen and oxygen atoms in total. The molecule has 6 heterocycles. The van der Waals surface area contributed by atoms with Gasteiger partial charge in [0, 0.05) is 129 Å². The molecule has 0 atom stereocenters. The van der Waals surface area contributed by atoms with E-state index in [1.807, 2.05) is 102 Å². The monoisotopic (exact) mass is 892 g/mol. The molecule has 0 radical (unpaired) electrons. The normalized spacial score (nSPS) is 9.60. The van der Waals surface area contributed by atoms with Crippen LogP contribution < -0.4 is 42.5 Å². The van der Waals surface area contributed by atoms with Gasteiger partial charge in [-0.25, -0.2) is 19.9 Å². The van der Waals surface area contributed by atoms with Crippen molar-refractivity contribution in [1.82, 2.24) is 48.2 Å². The van der Waals surface area contributed by atoms with E-state index in [-0.39, 0.29) is 57.0 Å². The average molecular weight is 892 g/mol. The molecule has 6 rings (SSSR count). The molecule has 6 aromatic rings. The number of aryl methyl sites for hydroxylation is 4. The van der Waals surface area contributed by atoms with Gasteiger partial charge in [-0.15, -0.1) is 0 Å². The molecule has 0 saturated carbocycles. The van der Waals surface area contributed by atoms with Crippen molar-refractivity contribution in [3.8, 4) is 34.7 Å². The number of aromatic nitrogens is 10. The minimum absolute atomic E-state index is 0. The first kappa shape index (κ1) is 44.4. The third-order valence-electron chi connectivity index (χ3n) is 6.79. The van der Waals surface area contributed by atoms with Crippen molar-refractivity contribution in [3.63, 3.8) is 0 Å². The zero-order valence-corrected chi connectivity index (χ0v) is 32.1. The van der Waals surface area contributed by atoms with Gasteiger partial charge >= 0.3 is 0 Å². The molecule has 0 aliphatic carbocycles. The summed E-state index contributed by atoms with van der Waals surface area (Å²) in [6.45, 7) is 1.24. The molecule has 0 amide bonds. The summed E-state index contributed by atoms with van der Waals surface area (Å²) in [5.41, 5.74) is 2.85. The molecule has 0 unspecified atom stereocenters. The number of pyridine rings is 2. The van der Waals surface area contributed by atoms with Crippen LogP contribution in [0.5, 0.6) is 0 Å². The van der Waals surface area contributed by atoms with E-state index in [4.69, 9.17) is 5.11 Å². The van der Waals surface area contributed by atoms with Crippen LogP contribution in [-0.2, 0) is 48.0 Å². The minimum Gasteiger partial charge on any atom is -1.00 e. The van der Waals surface area contributed by atoms with Crippen LogP contribution in [0.15, 0.2) is 92.3 Å². The fourth-order valence-corrected chi connectivity index (χ4v) is 4.34. The summed E-state index contributed by atoms with van der Waals surface area (Å²) in [4.78, 5) is 25.4. The van der Waals surface area contributed by atoms with Crippen LogP contribution in [0.3, 0.4) is 0 Å². The molecule has 0 saturated heterocycles. The van der Waals surface area contributed by atoms with Crippen LogP contribution in [0.25, 0.3) is 34.7 Å². The molecular weight excluding hydrogens is 851 g/mol. The van der Waals surface area contributed by atoms with Crippen molar-refractivity contribution in [1.29, 1.82) is 0 Å². The third kappa shape index (κ3) is 13.1. The number of aliphatic hydroxyl groups excluding tert-OH is 1. The number of anilines is 1. The van der Waals surface area contributed by atoms with Gasteiger partial charge in [0.2, 0.25) is 0 Å². The van der Waals surface area contributed by atoms with Crippen LogP contribution in [0, 0.1) is 0 Å². The summed E-state index contributed by atoms with van der Waals surface area (Å²) >= 11 is 0. The van der Waals surface area contributed by atoms with Gasteiger partial charge in [0.25, 0.3) is 0 Å². The Labute approximate surface area is 313 Å². The van der Waals surface area contributed by atoms with Crippen LogP contribution >= 0.6 is 0 Å². The van der Waals surface area contributed by atoms with Crippen LogP contribution in [0.2, 0.25) is 0 Å². The topological polar surface area (TPSA) is 129 Å². The smallest absolute Gasteiger partial charge is 0.176 e. The number of hydrogen-bond donors (Lipinski definition) is 2. The molecule has 0 bridgehead atoms. The van der Waals surface area contributed by atoms with E-state index in [1.54, 1.807) is 37.2 Å². The van der Waals surface area contributed by atoms with E-state index in [9.17, 15) is 0 Å². The van der Waals surface area contributed by atoms with Gasteiger partial charge in [-0.3, -0.25) is 9.97 Å². The second-order valence-corrected chi connectivity index (χ2v) is 10.2. The van der Waals surface area contributed by atoms with Crippen molar-refractivity contribution < 1.29 is 62.1 Å². The third-order valence-corrected chi connectivity index (χ3v) is 6.79. The molecule has 2 N–H and O–H groups in total. The molecule has 16 heteroatoms. The first-order valence-corrected chi connectivity index (χ1v) is 14.6. The number of aliphatic hydroxyl groups is 1. The van der Waals surface area contributed by atoms with E-state index in [2.05, 4.69) is 35.2 Å². The zero-order chi connectivity index (χ0) is 31.1. The number of nitrogens with zero attached hydrogens (tertiary/aromatic N) is 10. The minimum atomic E-state index is 0. The van der Waals surface area contributed by atoms with Crippen molar-refractivity contribution in [2.24, 2.45) is 28.2 Å². The Morgan fingerprint density at radius 3 is 1.40 bits per heavy atom. The van der Waals surface area contributed by atoms with E-state index < -0.39 is 0 Å². The van der Waals surface area contributed by atoms with Gasteiger partial charge in [0.05, 0.1) is 11.4 Å². The molecule has 0 aromatic carbocycles. The van der Waals surface area contributed by atoms with Gasteiger partial charge in [-0.05, 0) is 37.1 Å². The summed E-state index contributed by atoms with van der Waals surface area (Å²) in [6.07, 6.45) is 22.5. The van der Waals surface area contributed by atoms with Crippen molar-refractivity contribution >= 4 is 5.69 Å². The second-order valence-electron chi connectivity index (χ2n) is 10.2. The van der Waals surface area contributed by atoms with E-state index >= 15 is 0 Å². The molecule has 0 fully saturated rings. The van der Waals surface area contributed by atoms with E-state index in [0.29, 0.717) is 6.61 Å². The van der Waals surface area contributed by atoms with Crippen LogP contribution in [-0.4, -0.2) is 66.4 Å². The van der Waals surface area contributed by atoms with E-state index in [0.717, 1.165) is 72.6 Å². The maximum Gasteiger partial charge on any atom is 0.176 e. The van der Waals surface area contributed by atoms with Gasteiger partial charge in [-0.2, -0.15) is 0 Å². The predicted molar refractivity (Wildman–Crippen MR) is 172 cm³/mol. The second kappa shape index (κ2) is 23.7. The van der Waals surface area contributed by atoms with Gasteiger partial charge in [-0.1, -0.05) is 18.9 Å². The fourth-order valence-electron chi connectivity index (χ4n) is 4.34. The first-order valence-electron chi connectivity index (χ1n) is 14.6. The fraction of sp³-hybridized carbons (Fsp3) is 0.312. The Hall–Kier alpha value is -3.59. The molecular formula is C32H41Cl3N11OOs-3. The molecule has 0 aliphatic heterocycles. The maximum absolute atomic E-state index is 8.71. The molecule has 262 valence electrons.